The van der Waals surface area contributed by atoms with Gasteiger partial charge in [-0.15, -0.1) is 0 Å². The van der Waals surface area contributed by atoms with E-state index in [0.717, 1.165) is 5.92 Å². The number of allylic oxidation sites excluding steroid dienone is 2. The van der Waals surface area contributed by atoms with Gasteiger partial charge in [0, 0.05) is 0 Å². The molecule has 0 aromatic carbocycles. The summed E-state index contributed by atoms with van der Waals surface area (Å²) < 4.78 is 0. The Morgan fingerprint density at radius 2 is 0.952 bits per heavy atom. The molecule has 0 N–H and O–H groups in total. The highest BCUT2D eigenvalue weighted by molar-refractivity contribution is 4.83. The molecule has 0 fully saturated rings. The fourth-order valence-corrected chi connectivity index (χ4v) is 2.83. The van der Waals surface area contributed by atoms with Gasteiger partial charge >= 0.3 is 0 Å². The predicted molar refractivity (Wildman–Crippen MR) is 98.9 cm³/mol. The standard InChI is InChI=1S/C21H42/c1-4-5-6-7-8-9-10-11-12-13-14-15-16-17-18-19-20-21(2)3/h19-21H,4-18H2,1-3H3. The van der Waals surface area contributed by atoms with Crippen molar-refractivity contribution >= 4 is 0 Å². The first-order chi connectivity index (χ1) is 10.3. The van der Waals surface area contributed by atoms with E-state index in [-0.39, 0.29) is 0 Å². The normalized spacial score (nSPS) is 11.8. The van der Waals surface area contributed by atoms with Gasteiger partial charge in [-0.25, -0.2) is 0 Å². The lowest BCUT2D eigenvalue weighted by Gasteiger charge is -2.03. The average molecular weight is 295 g/mol. The quantitative estimate of drug-likeness (QED) is 0.199. The maximum atomic E-state index is 2.37. The van der Waals surface area contributed by atoms with E-state index in [9.17, 15) is 0 Å². The monoisotopic (exact) mass is 294 g/mol. The lowest BCUT2D eigenvalue weighted by Crippen LogP contribution is -1.83. The summed E-state index contributed by atoms with van der Waals surface area (Å²) in [5.41, 5.74) is 0. The highest BCUT2D eigenvalue weighted by Crippen LogP contribution is 2.13. The topological polar surface area (TPSA) is 0 Å². The van der Waals surface area contributed by atoms with Crippen LogP contribution in [0.2, 0.25) is 0 Å². The minimum atomic E-state index is 0.719. The van der Waals surface area contributed by atoms with Gasteiger partial charge in [0.1, 0.15) is 0 Å². The van der Waals surface area contributed by atoms with E-state index in [0.29, 0.717) is 0 Å². The van der Waals surface area contributed by atoms with Gasteiger partial charge in [-0.1, -0.05) is 116 Å². The van der Waals surface area contributed by atoms with Crippen molar-refractivity contribution in [1.82, 2.24) is 0 Å². The molecule has 0 aromatic heterocycles. The van der Waals surface area contributed by atoms with E-state index in [4.69, 9.17) is 0 Å². The number of rotatable bonds is 16. The fourth-order valence-electron chi connectivity index (χ4n) is 2.83. The third-order valence-electron chi connectivity index (χ3n) is 4.25. The first kappa shape index (κ1) is 20.7. The number of hydrogen-bond acceptors (Lipinski definition) is 0. The molecule has 0 aliphatic carbocycles. The molecule has 0 atom stereocenters. The molecule has 0 rings (SSSR count). The van der Waals surface area contributed by atoms with Crippen LogP contribution < -0.4 is 0 Å². The van der Waals surface area contributed by atoms with Gasteiger partial charge in [-0.2, -0.15) is 0 Å². The van der Waals surface area contributed by atoms with Crippen LogP contribution in [0.5, 0.6) is 0 Å². The van der Waals surface area contributed by atoms with Crippen LogP contribution in [0.25, 0.3) is 0 Å². The van der Waals surface area contributed by atoms with Gasteiger partial charge in [0.2, 0.25) is 0 Å². The Morgan fingerprint density at radius 3 is 1.33 bits per heavy atom. The largest absolute Gasteiger partial charge is 0.0883 e. The molecule has 0 heteroatoms. The summed E-state index contributed by atoms with van der Waals surface area (Å²) in [6.07, 6.45) is 26.3. The van der Waals surface area contributed by atoms with E-state index in [1.54, 1.807) is 0 Å². The van der Waals surface area contributed by atoms with Crippen molar-refractivity contribution in [3.8, 4) is 0 Å². The molecule has 0 unspecified atom stereocenters. The second-order valence-corrected chi connectivity index (χ2v) is 7.06. The summed E-state index contributed by atoms with van der Waals surface area (Å²) in [6, 6.07) is 0. The third kappa shape index (κ3) is 19.7. The van der Waals surface area contributed by atoms with Crippen LogP contribution in [0.3, 0.4) is 0 Å². The van der Waals surface area contributed by atoms with Gasteiger partial charge in [-0.05, 0) is 18.8 Å². The zero-order valence-electron chi connectivity index (χ0n) is 15.3. The van der Waals surface area contributed by atoms with E-state index < -0.39 is 0 Å². The Kier molecular flexibility index (Phi) is 17.6. The zero-order chi connectivity index (χ0) is 15.6. The summed E-state index contributed by atoms with van der Waals surface area (Å²) in [4.78, 5) is 0. The Hall–Kier alpha value is -0.260. The van der Waals surface area contributed by atoms with Crippen LogP contribution >= 0.6 is 0 Å². The van der Waals surface area contributed by atoms with Crippen molar-refractivity contribution in [3.63, 3.8) is 0 Å². The molecule has 0 saturated carbocycles. The Balaban J connectivity index is 2.99. The summed E-state index contributed by atoms with van der Waals surface area (Å²) in [5.74, 6) is 0.719. The molecule has 0 radical (unpaired) electrons. The van der Waals surface area contributed by atoms with Gasteiger partial charge in [0.25, 0.3) is 0 Å². The minimum absolute atomic E-state index is 0.719. The predicted octanol–water partition coefficient (Wildman–Crippen LogP) is 8.07. The van der Waals surface area contributed by atoms with E-state index in [2.05, 4.69) is 32.9 Å². The Morgan fingerprint density at radius 1 is 0.571 bits per heavy atom. The highest BCUT2D eigenvalue weighted by atomic mass is 14.0. The van der Waals surface area contributed by atoms with Crippen LogP contribution in [0.1, 0.15) is 117 Å². The number of hydrogen-bond donors (Lipinski definition) is 0. The lowest BCUT2D eigenvalue weighted by atomic mass is 10.0. The zero-order valence-corrected chi connectivity index (χ0v) is 15.3. The average Bonchev–Trinajstić information content (AvgIpc) is 2.46. The highest BCUT2D eigenvalue weighted by Gasteiger charge is 1.93. The van der Waals surface area contributed by atoms with Gasteiger partial charge < -0.3 is 0 Å². The lowest BCUT2D eigenvalue weighted by molar-refractivity contribution is 0.536. The molecule has 0 bridgehead atoms. The summed E-state index contributed by atoms with van der Waals surface area (Å²) in [5, 5.41) is 0. The maximum absolute atomic E-state index is 2.37. The maximum Gasteiger partial charge on any atom is -0.0290 e. The van der Waals surface area contributed by atoms with E-state index in [1.807, 2.05) is 0 Å². The molecule has 126 valence electrons. The van der Waals surface area contributed by atoms with Gasteiger partial charge in [0.05, 0.1) is 0 Å². The number of unbranched alkanes of at least 4 members (excludes halogenated alkanes) is 14. The molecule has 0 aliphatic rings. The molecule has 0 spiro atoms. The van der Waals surface area contributed by atoms with Crippen LogP contribution in [-0.4, -0.2) is 0 Å². The summed E-state index contributed by atoms with van der Waals surface area (Å²) >= 11 is 0. The molecule has 0 aromatic rings. The van der Waals surface area contributed by atoms with Crippen LogP contribution in [-0.2, 0) is 0 Å². The van der Waals surface area contributed by atoms with E-state index >= 15 is 0 Å². The van der Waals surface area contributed by atoms with Crippen LogP contribution in [0, 0.1) is 5.92 Å². The Bertz CT molecular complexity index is 202. The fraction of sp³-hybridized carbons (Fsp3) is 0.905. The SMILES string of the molecule is CCCCCCCCCCCCCCCCC=CC(C)C. The molecule has 0 aliphatic heterocycles. The smallest absolute Gasteiger partial charge is 0.0290 e. The molecule has 0 nitrogen and oxygen atoms in total. The van der Waals surface area contributed by atoms with Crippen molar-refractivity contribution < 1.29 is 0 Å². The van der Waals surface area contributed by atoms with Crippen molar-refractivity contribution in [2.45, 2.75) is 117 Å². The van der Waals surface area contributed by atoms with E-state index in [1.165, 1.54) is 96.3 Å². The summed E-state index contributed by atoms with van der Waals surface area (Å²) in [6.45, 7) is 6.80. The molecular weight excluding hydrogens is 252 g/mol. The van der Waals surface area contributed by atoms with Crippen molar-refractivity contribution in [3.05, 3.63) is 12.2 Å². The first-order valence-electron chi connectivity index (χ1n) is 9.94. The second-order valence-electron chi connectivity index (χ2n) is 7.06. The van der Waals surface area contributed by atoms with Crippen LogP contribution in [0.15, 0.2) is 12.2 Å². The minimum Gasteiger partial charge on any atom is -0.0883 e. The third-order valence-corrected chi connectivity index (χ3v) is 4.25. The van der Waals surface area contributed by atoms with Crippen LogP contribution in [0.4, 0.5) is 0 Å². The van der Waals surface area contributed by atoms with Gasteiger partial charge in [0.15, 0.2) is 0 Å². The summed E-state index contributed by atoms with van der Waals surface area (Å²) in [7, 11) is 0. The molecule has 0 saturated heterocycles. The molecular formula is C21H42. The van der Waals surface area contributed by atoms with Crippen molar-refractivity contribution in [2.75, 3.05) is 0 Å². The van der Waals surface area contributed by atoms with Crippen molar-refractivity contribution in [2.24, 2.45) is 5.92 Å². The Labute approximate surface area is 135 Å². The van der Waals surface area contributed by atoms with Gasteiger partial charge in [-0.3, -0.25) is 0 Å². The van der Waals surface area contributed by atoms with Crippen molar-refractivity contribution in [1.29, 1.82) is 0 Å². The molecule has 0 amide bonds. The molecule has 0 heterocycles. The second kappa shape index (κ2) is 17.8. The molecule has 21 heavy (non-hydrogen) atoms. The first-order valence-corrected chi connectivity index (χ1v) is 9.94.